The number of esters is 1. The molecular formula is C17H17N3O5. The molecule has 1 saturated carbocycles. The number of H-pyrrole nitrogens is 1. The quantitative estimate of drug-likeness (QED) is 0.587. The lowest BCUT2D eigenvalue weighted by molar-refractivity contribution is -0.145. The molecule has 2 aromatic rings. The number of nitrogens with one attached hydrogen (secondary N) is 1. The predicted molar refractivity (Wildman–Crippen MR) is 89.4 cm³/mol. The Morgan fingerprint density at radius 3 is 2.48 bits per heavy atom. The maximum atomic E-state index is 12.4. The second-order valence-electron chi connectivity index (χ2n) is 6.03. The van der Waals surface area contributed by atoms with Crippen LogP contribution in [0.3, 0.4) is 0 Å². The lowest BCUT2D eigenvalue weighted by atomic mass is 9.96. The summed E-state index contributed by atoms with van der Waals surface area (Å²) in [5.74, 6) is -1.53. The Hall–Kier alpha value is -3.16. The molecule has 0 unspecified atom stereocenters. The van der Waals surface area contributed by atoms with Crippen LogP contribution in [0.5, 0.6) is 0 Å². The molecule has 1 fully saturated rings. The van der Waals surface area contributed by atoms with E-state index in [1.165, 1.54) is 7.05 Å². The highest BCUT2D eigenvalue weighted by Gasteiger charge is 2.52. The number of carbonyl (C=O) groups is 2. The SMILES string of the molecule is Cn1c(N)c(C(=O)COC(=O)C2(c3ccccc3)CC2)c(=O)[nH]c1=O. The van der Waals surface area contributed by atoms with Crippen molar-refractivity contribution in [1.29, 1.82) is 0 Å². The van der Waals surface area contributed by atoms with E-state index in [0.717, 1.165) is 10.1 Å². The van der Waals surface area contributed by atoms with Gasteiger partial charge in [0.15, 0.2) is 6.61 Å². The monoisotopic (exact) mass is 343 g/mol. The molecule has 8 heteroatoms. The van der Waals surface area contributed by atoms with Crippen molar-refractivity contribution >= 4 is 17.6 Å². The Bertz CT molecular complexity index is 954. The van der Waals surface area contributed by atoms with Crippen LogP contribution in [-0.2, 0) is 22.0 Å². The first-order valence-electron chi connectivity index (χ1n) is 7.71. The first kappa shape index (κ1) is 16.7. The predicted octanol–water partition coefficient (Wildman–Crippen LogP) is 0.113. The van der Waals surface area contributed by atoms with E-state index < -0.39 is 35.0 Å². The number of carbonyl (C=O) groups excluding carboxylic acids is 2. The number of rotatable bonds is 5. The molecule has 1 aliphatic rings. The molecule has 8 nitrogen and oxygen atoms in total. The van der Waals surface area contributed by atoms with E-state index in [-0.39, 0.29) is 11.4 Å². The highest BCUT2D eigenvalue weighted by molar-refractivity contribution is 6.01. The van der Waals surface area contributed by atoms with Gasteiger partial charge in [-0.2, -0.15) is 0 Å². The molecule has 1 aromatic heterocycles. The van der Waals surface area contributed by atoms with Gasteiger partial charge in [-0.1, -0.05) is 30.3 Å². The molecule has 130 valence electrons. The van der Waals surface area contributed by atoms with Gasteiger partial charge in [-0.25, -0.2) is 4.79 Å². The van der Waals surface area contributed by atoms with Gasteiger partial charge in [-0.15, -0.1) is 0 Å². The van der Waals surface area contributed by atoms with E-state index >= 15 is 0 Å². The van der Waals surface area contributed by atoms with Crippen molar-refractivity contribution in [2.24, 2.45) is 7.05 Å². The summed E-state index contributed by atoms with van der Waals surface area (Å²) in [6.07, 6.45) is 1.29. The normalized spacial score (nSPS) is 14.8. The second-order valence-corrected chi connectivity index (χ2v) is 6.03. The lowest BCUT2D eigenvalue weighted by Gasteiger charge is -2.14. The van der Waals surface area contributed by atoms with Crippen molar-refractivity contribution in [3.63, 3.8) is 0 Å². The Labute approximate surface area is 142 Å². The van der Waals surface area contributed by atoms with Crippen LogP contribution >= 0.6 is 0 Å². The first-order valence-corrected chi connectivity index (χ1v) is 7.71. The van der Waals surface area contributed by atoms with Crippen LogP contribution in [-0.4, -0.2) is 27.9 Å². The van der Waals surface area contributed by atoms with Gasteiger partial charge in [0.1, 0.15) is 11.4 Å². The van der Waals surface area contributed by atoms with Gasteiger partial charge in [-0.05, 0) is 18.4 Å². The number of nitrogens with two attached hydrogens (primary N) is 1. The summed E-state index contributed by atoms with van der Waals surface area (Å²) < 4.78 is 6.08. The third kappa shape index (κ3) is 2.86. The molecular weight excluding hydrogens is 326 g/mol. The van der Waals surface area contributed by atoms with Gasteiger partial charge in [0.05, 0.1) is 5.41 Å². The van der Waals surface area contributed by atoms with E-state index in [9.17, 15) is 19.2 Å². The zero-order valence-corrected chi connectivity index (χ0v) is 13.6. The smallest absolute Gasteiger partial charge is 0.329 e. The van der Waals surface area contributed by atoms with Crippen LogP contribution in [0.2, 0.25) is 0 Å². The zero-order chi connectivity index (χ0) is 18.2. The number of benzene rings is 1. The lowest BCUT2D eigenvalue weighted by Crippen LogP contribution is -2.36. The van der Waals surface area contributed by atoms with Crippen molar-refractivity contribution in [3.8, 4) is 0 Å². The molecule has 0 atom stereocenters. The fourth-order valence-electron chi connectivity index (χ4n) is 2.74. The highest BCUT2D eigenvalue weighted by Crippen LogP contribution is 2.49. The number of nitrogen functional groups attached to an aromatic ring is 1. The van der Waals surface area contributed by atoms with E-state index in [4.69, 9.17) is 10.5 Å². The molecule has 0 amide bonds. The van der Waals surface area contributed by atoms with Crippen molar-refractivity contribution in [1.82, 2.24) is 9.55 Å². The number of hydrogen-bond acceptors (Lipinski definition) is 6. The fourth-order valence-corrected chi connectivity index (χ4v) is 2.74. The second kappa shape index (κ2) is 6.04. The minimum atomic E-state index is -0.897. The molecule has 0 saturated heterocycles. The van der Waals surface area contributed by atoms with Crippen molar-refractivity contribution in [3.05, 3.63) is 62.3 Å². The molecule has 25 heavy (non-hydrogen) atoms. The first-order chi connectivity index (χ1) is 11.9. The molecule has 0 radical (unpaired) electrons. The molecule has 3 N–H and O–H groups in total. The number of aromatic amines is 1. The Balaban J connectivity index is 1.76. The average Bonchev–Trinajstić information content (AvgIpc) is 3.40. The number of hydrogen-bond donors (Lipinski definition) is 2. The number of aromatic nitrogens is 2. The Morgan fingerprint density at radius 1 is 1.24 bits per heavy atom. The minimum Gasteiger partial charge on any atom is -0.457 e. The van der Waals surface area contributed by atoms with Crippen LogP contribution in [0.4, 0.5) is 5.82 Å². The number of anilines is 1. The van der Waals surface area contributed by atoms with Gasteiger partial charge in [0, 0.05) is 7.05 Å². The summed E-state index contributed by atoms with van der Waals surface area (Å²) in [7, 11) is 1.32. The summed E-state index contributed by atoms with van der Waals surface area (Å²) in [6, 6.07) is 9.19. The molecule has 1 aromatic carbocycles. The molecule has 1 heterocycles. The van der Waals surface area contributed by atoms with Gasteiger partial charge in [0.2, 0.25) is 5.78 Å². The van der Waals surface area contributed by atoms with Gasteiger partial charge in [0.25, 0.3) is 5.56 Å². The Morgan fingerprint density at radius 2 is 1.88 bits per heavy atom. The topological polar surface area (TPSA) is 124 Å². The van der Waals surface area contributed by atoms with Crippen molar-refractivity contribution in [2.75, 3.05) is 12.3 Å². The zero-order valence-electron chi connectivity index (χ0n) is 13.6. The summed E-state index contributed by atoms with van der Waals surface area (Å²) in [5, 5.41) is 0. The minimum absolute atomic E-state index is 0.265. The summed E-state index contributed by atoms with van der Waals surface area (Å²) in [5.41, 5.74) is 3.77. The van der Waals surface area contributed by atoms with Gasteiger partial charge >= 0.3 is 11.7 Å². The number of ether oxygens (including phenoxy) is 1. The molecule has 1 aliphatic carbocycles. The van der Waals surface area contributed by atoms with Crippen molar-refractivity contribution < 1.29 is 14.3 Å². The maximum absolute atomic E-state index is 12.4. The number of ketones is 1. The van der Waals surface area contributed by atoms with Crippen molar-refractivity contribution in [2.45, 2.75) is 18.3 Å². The molecule has 0 bridgehead atoms. The Kier molecular flexibility index (Phi) is 4.03. The van der Waals surface area contributed by atoms with Crippen LogP contribution < -0.4 is 17.0 Å². The van der Waals surface area contributed by atoms with Crippen LogP contribution in [0.25, 0.3) is 0 Å². The van der Waals surface area contributed by atoms with Gasteiger partial charge in [-0.3, -0.25) is 23.9 Å². The summed E-state index contributed by atoms with van der Waals surface area (Å²) in [4.78, 5) is 49.9. The standard InChI is InChI=1S/C17H17N3O5/c1-20-13(18)12(14(22)19-16(20)24)11(21)9-25-15(23)17(7-8-17)10-5-3-2-4-6-10/h2-6H,7-9,18H2,1H3,(H,19,22,24). The third-order valence-electron chi connectivity index (χ3n) is 4.45. The average molecular weight is 343 g/mol. The highest BCUT2D eigenvalue weighted by atomic mass is 16.5. The van der Waals surface area contributed by atoms with Gasteiger partial charge < -0.3 is 10.5 Å². The number of Topliss-reactive ketones (excluding diaryl/α,β-unsaturated/α-hetero) is 1. The molecule has 0 aliphatic heterocycles. The largest absolute Gasteiger partial charge is 0.457 e. The summed E-state index contributed by atoms with van der Waals surface area (Å²) >= 11 is 0. The molecule has 3 rings (SSSR count). The maximum Gasteiger partial charge on any atom is 0.329 e. The van der Waals surface area contributed by atoms with Crippen LogP contribution in [0.15, 0.2) is 39.9 Å². The van der Waals surface area contributed by atoms with Crippen LogP contribution in [0, 0.1) is 0 Å². The molecule has 0 spiro atoms. The van der Waals surface area contributed by atoms with E-state index in [0.29, 0.717) is 12.8 Å². The third-order valence-corrected chi connectivity index (χ3v) is 4.45. The number of nitrogens with zero attached hydrogens (tertiary/aromatic N) is 1. The summed E-state index contributed by atoms with van der Waals surface area (Å²) in [6.45, 7) is -0.612. The van der Waals surface area contributed by atoms with E-state index in [1.54, 1.807) is 0 Å². The fraction of sp³-hybridized carbons (Fsp3) is 0.294. The van der Waals surface area contributed by atoms with Crippen LogP contribution in [0.1, 0.15) is 28.8 Å². The van der Waals surface area contributed by atoms with E-state index in [2.05, 4.69) is 0 Å². The van der Waals surface area contributed by atoms with E-state index in [1.807, 2.05) is 35.3 Å².